The fourth-order valence-electron chi connectivity index (χ4n) is 6.16. The zero-order valence-electron chi connectivity index (χ0n) is 21.5. The number of likely N-dealkylation sites (N-methyl/N-ethyl adjacent to an activating group) is 1. The lowest BCUT2D eigenvalue weighted by Crippen LogP contribution is -2.47. The summed E-state index contributed by atoms with van der Waals surface area (Å²) in [6.07, 6.45) is 0.766. The van der Waals surface area contributed by atoms with E-state index in [4.69, 9.17) is 4.74 Å². The third-order valence-electron chi connectivity index (χ3n) is 8.48. The summed E-state index contributed by atoms with van der Waals surface area (Å²) < 4.78 is 5.42. The number of amides is 2. The van der Waals surface area contributed by atoms with E-state index in [1.165, 1.54) is 0 Å². The summed E-state index contributed by atoms with van der Waals surface area (Å²) >= 11 is 0. The molecule has 8 heteroatoms. The van der Waals surface area contributed by atoms with E-state index in [0.717, 1.165) is 77.3 Å². The van der Waals surface area contributed by atoms with E-state index in [-0.39, 0.29) is 17.7 Å². The second kappa shape index (κ2) is 8.43. The van der Waals surface area contributed by atoms with Crippen molar-refractivity contribution >= 4 is 28.4 Å². The maximum atomic E-state index is 13.1. The zero-order valence-corrected chi connectivity index (χ0v) is 21.5. The van der Waals surface area contributed by atoms with Crippen molar-refractivity contribution in [3.63, 3.8) is 0 Å². The molecule has 1 saturated heterocycles. The fraction of sp³-hybridized carbons (Fsp3) is 0.300. The van der Waals surface area contributed by atoms with Gasteiger partial charge in [-0.15, -0.1) is 0 Å². The molecule has 1 saturated carbocycles. The average molecular weight is 508 g/mol. The maximum absolute atomic E-state index is 13.1. The van der Waals surface area contributed by atoms with E-state index in [9.17, 15) is 9.59 Å². The van der Waals surface area contributed by atoms with Crippen LogP contribution in [0.5, 0.6) is 5.75 Å². The van der Waals surface area contributed by atoms with Crippen LogP contribution in [0.1, 0.15) is 33.8 Å². The number of nitrogens with one attached hydrogen (secondary N) is 2. The number of fused-ring (bicyclic) bond motifs is 3. The Bertz CT molecular complexity index is 1600. The number of carbonyl (C=O) groups excluding carboxylic acids is 2. The Morgan fingerprint density at radius 3 is 2.71 bits per heavy atom. The van der Waals surface area contributed by atoms with Crippen molar-refractivity contribution in [1.82, 2.24) is 20.0 Å². The van der Waals surface area contributed by atoms with Gasteiger partial charge in [0, 0.05) is 54.3 Å². The summed E-state index contributed by atoms with van der Waals surface area (Å²) in [5.74, 6) is 0.967. The van der Waals surface area contributed by atoms with Crippen molar-refractivity contribution in [2.45, 2.75) is 17.8 Å². The van der Waals surface area contributed by atoms with Crippen molar-refractivity contribution in [2.75, 3.05) is 45.7 Å². The Morgan fingerprint density at radius 1 is 1.05 bits per heavy atom. The highest BCUT2D eigenvalue weighted by Crippen LogP contribution is 2.65. The monoisotopic (exact) mass is 507 g/mol. The molecule has 2 atom stereocenters. The van der Waals surface area contributed by atoms with Crippen LogP contribution < -0.4 is 10.1 Å². The lowest BCUT2D eigenvalue weighted by atomic mass is 9.91. The summed E-state index contributed by atoms with van der Waals surface area (Å²) in [6.45, 7) is 3.26. The number of methoxy groups -OCH3 is 1. The second-order valence-electron chi connectivity index (χ2n) is 10.6. The second-order valence-corrected chi connectivity index (χ2v) is 10.6. The number of rotatable bonds is 4. The molecule has 0 radical (unpaired) electrons. The molecule has 2 unspecified atom stereocenters. The first-order chi connectivity index (χ1) is 18.5. The average Bonchev–Trinajstić information content (AvgIpc) is 3.47. The van der Waals surface area contributed by atoms with Gasteiger partial charge >= 0.3 is 0 Å². The fourth-order valence-corrected chi connectivity index (χ4v) is 6.16. The number of ether oxygens (including phenoxy) is 1. The molecule has 3 aromatic carbocycles. The van der Waals surface area contributed by atoms with Crippen molar-refractivity contribution in [1.29, 1.82) is 0 Å². The predicted molar refractivity (Wildman–Crippen MR) is 146 cm³/mol. The molecule has 8 nitrogen and oxygen atoms in total. The van der Waals surface area contributed by atoms with E-state index < -0.39 is 5.41 Å². The first-order valence-corrected chi connectivity index (χ1v) is 13.0. The third-order valence-corrected chi connectivity index (χ3v) is 8.48. The van der Waals surface area contributed by atoms with Crippen molar-refractivity contribution in [2.24, 2.45) is 0 Å². The number of carbonyl (C=O) groups is 2. The van der Waals surface area contributed by atoms with E-state index >= 15 is 0 Å². The molecule has 0 bridgehead atoms. The molecule has 1 aliphatic carbocycles. The molecule has 38 heavy (non-hydrogen) atoms. The number of hydrogen-bond acceptors (Lipinski definition) is 5. The van der Waals surface area contributed by atoms with Crippen LogP contribution in [-0.2, 0) is 10.2 Å². The minimum absolute atomic E-state index is 0.0537. The van der Waals surface area contributed by atoms with Crippen LogP contribution in [-0.4, -0.2) is 72.1 Å². The number of nitrogens with zero attached hydrogens (tertiary/aromatic N) is 3. The van der Waals surface area contributed by atoms with Gasteiger partial charge in [0.1, 0.15) is 5.75 Å². The first-order valence-electron chi connectivity index (χ1n) is 13.0. The molecule has 4 aromatic rings. The number of H-pyrrole nitrogens is 1. The smallest absolute Gasteiger partial charge is 0.253 e. The Labute approximate surface area is 220 Å². The number of aromatic amines is 1. The molecule has 1 spiro atoms. The molecule has 3 aliphatic rings. The summed E-state index contributed by atoms with van der Waals surface area (Å²) in [6, 6.07) is 19.8. The predicted octanol–water partition coefficient (Wildman–Crippen LogP) is 4.00. The highest BCUT2D eigenvalue weighted by molar-refractivity contribution is 6.10. The standard InChI is InChI=1S/C30H29N5O3/c1-34-10-12-35(13-11-34)28(36)20-5-3-4-19(14-20)27-22-8-6-18(15-26(22)32-33-27)24-17-30(24)23-16-21(38-2)7-9-25(23)31-29(30)37/h3-9,14-16,24H,10-13,17H2,1-2H3,(H,31,37)(H,32,33). The molecule has 2 aliphatic heterocycles. The summed E-state index contributed by atoms with van der Waals surface area (Å²) in [7, 11) is 3.73. The summed E-state index contributed by atoms with van der Waals surface area (Å²) in [5.41, 5.74) is 5.77. The Balaban J connectivity index is 1.17. The lowest BCUT2D eigenvalue weighted by molar-refractivity contribution is -0.118. The topological polar surface area (TPSA) is 90.6 Å². The van der Waals surface area contributed by atoms with Crippen molar-refractivity contribution < 1.29 is 14.3 Å². The zero-order chi connectivity index (χ0) is 26.0. The van der Waals surface area contributed by atoms with E-state index in [2.05, 4.69) is 45.7 Å². The van der Waals surface area contributed by atoms with E-state index in [0.29, 0.717) is 5.56 Å². The largest absolute Gasteiger partial charge is 0.497 e. The minimum Gasteiger partial charge on any atom is -0.497 e. The molecular formula is C30H29N5O3. The van der Waals surface area contributed by atoms with Gasteiger partial charge in [0.25, 0.3) is 5.91 Å². The first kappa shape index (κ1) is 23.0. The van der Waals surface area contributed by atoms with Crippen LogP contribution in [0.15, 0.2) is 60.7 Å². The molecule has 2 amide bonds. The van der Waals surface area contributed by atoms with Crippen LogP contribution in [0.25, 0.3) is 22.2 Å². The van der Waals surface area contributed by atoms with Crippen LogP contribution in [0, 0.1) is 0 Å². The molecular weight excluding hydrogens is 478 g/mol. The SMILES string of the molecule is COc1ccc2c(c1)C1(CC1c1ccc3c(-c4cccc(C(=O)N5CCN(C)CC5)c4)n[nH]c3c1)C(=O)N2. The van der Waals surface area contributed by atoms with Gasteiger partial charge in [0.05, 0.1) is 23.7 Å². The number of benzene rings is 3. The van der Waals surface area contributed by atoms with Gasteiger partial charge in [-0.05, 0) is 61.0 Å². The quantitative estimate of drug-likeness (QED) is 0.436. The molecule has 3 heterocycles. The molecule has 192 valence electrons. The lowest BCUT2D eigenvalue weighted by Gasteiger charge is -2.32. The van der Waals surface area contributed by atoms with Crippen molar-refractivity contribution in [3.8, 4) is 17.0 Å². The minimum atomic E-state index is -0.543. The molecule has 2 fully saturated rings. The van der Waals surface area contributed by atoms with Crippen LogP contribution in [0.3, 0.4) is 0 Å². The normalized spacial score (nSPS) is 22.5. The van der Waals surface area contributed by atoms with Gasteiger partial charge in [0.15, 0.2) is 0 Å². The van der Waals surface area contributed by atoms with Gasteiger partial charge in [-0.1, -0.05) is 24.3 Å². The summed E-state index contributed by atoms with van der Waals surface area (Å²) in [4.78, 5) is 30.4. The number of aromatic nitrogens is 2. The Hall–Kier alpha value is -4.17. The van der Waals surface area contributed by atoms with Gasteiger partial charge in [-0.2, -0.15) is 5.10 Å². The number of hydrogen-bond donors (Lipinski definition) is 2. The van der Waals surface area contributed by atoms with Gasteiger partial charge in [-0.3, -0.25) is 14.7 Å². The van der Waals surface area contributed by atoms with Crippen molar-refractivity contribution in [3.05, 3.63) is 77.4 Å². The Kier molecular flexibility index (Phi) is 5.10. The van der Waals surface area contributed by atoms with Crippen LogP contribution in [0.2, 0.25) is 0 Å². The number of anilines is 1. The van der Waals surface area contributed by atoms with E-state index in [1.54, 1.807) is 7.11 Å². The van der Waals surface area contributed by atoms with Crippen LogP contribution in [0.4, 0.5) is 5.69 Å². The third kappa shape index (κ3) is 3.44. The summed E-state index contributed by atoms with van der Waals surface area (Å²) in [5, 5.41) is 11.8. The van der Waals surface area contributed by atoms with Gasteiger partial charge in [0.2, 0.25) is 5.91 Å². The number of piperazine rings is 1. The van der Waals surface area contributed by atoms with Gasteiger partial charge < -0.3 is 19.9 Å². The molecule has 2 N–H and O–H groups in total. The van der Waals surface area contributed by atoms with E-state index in [1.807, 2.05) is 47.4 Å². The highest BCUT2D eigenvalue weighted by Gasteiger charge is 2.65. The van der Waals surface area contributed by atoms with Crippen LogP contribution >= 0.6 is 0 Å². The van der Waals surface area contributed by atoms with Gasteiger partial charge in [-0.25, -0.2) is 0 Å². The maximum Gasteiger partial charge on any atom is 0.253 e. The molecule has 1 aromatic heterocycles. The highest BCUT2D eigenvalue weighted by atomic mass is 16.5. The Morgan fingerprint density at radius 2 is 1.89 bits per heavy atom. The molecule has 7 rings (SSSR count).